The van der Waals surface area contributed by atoms with Crippen LogP contribution in [0.2, 0.25) is 0 Å². The van der Waals surface area contributed by atoms with Crippen molar-refractivity contribution in [3.05, 3.63) is 191 Å². The van der Waals surface area contributed by atoms with E-state index in [2.05, 4.69) is 8.75 Å². The van der Waals surface area contributed by atoms with Gasteiger partial charge in [-0.25, -0.2) is 4.79 Å². The van der Waals surface area contributed by atoms with E-state index in [0.29, 0.717) is 53.0 Å². The molecule has 0 radical (unpaired) electrons. The Balaban J connectivity index is 0.000000243. The maximum absolute atomic E-state index is 13.3. The van der Waals surface area contributed by atoms with Crippen molar-refractivity contribution in [3.63, 3.8) is 0 Å². The molecule has 1 unspecified atom stereocenters. The molecule has 55 heavy (non-hydrogen) atoms. The van der Waals surface area contributed by atoms with E-state index in [0.717, 1.165) is 56.6 Å². The minimum atomic E-state index is -1.90. The second-order valence-electron chi connectivity index (χ2n) is 12.6. The van der Waals surface area contributed by atoms with Crippen LogP contribution in [0, 0.1) is 0 Å². The van der Waals surface area contributed by atoms with Crippen LogP contribution in [-0.2, 0) is 35.0 Å². The van der Waals surface area contributed by atoms with Crippen LogP contribution < -0.4 is 9.47 Å². The predicted molar refractivity (Wildman–Crippen MR) is 216 cm³/mol. The molecule has 0 fully saturated rings. The average molecular weight is 765 g/mol. The van der Waals surface area contributed by atoms with Crippen LogP contribution in [0.1, 0.15) is 38.2 Å². The molecular formula is C45H36N2O6S2. The van der Waals surface area contributed by atoms with Crippen LogP contribution >= 0.6 is 23.5 Å². The van der Waals surface area contributed by atoms with Gasteiger partial charge in [-0.3, -0.25) is 4.79 Å². The Morgan fingerprint density at radius 3 is 1.87 bits per heavy atom. The van der Waals surface area contributed by atoms with E-state index >= 15 is 0 Å². The number of aliphatic hydroxyl groups is 1. The van der Waals surface area contributed by atoms with E-state index in [1.807, 2.05) is 122 Å². The quantitative estimate of drug-likeness (QED) is 0.0740. The van der Waals surface area contributed by atoms with Crippen molar-refractivity contribution < 1.29 is 28.9 Å². The number of thioether (sulfide) groups is 1. The fourth-order valence-electron chi connectivity index (χ4n) is 6.06. The fourth-order valence-corrected chi connectivity index (χ4v) is 6.99. The van der Waals surface area contributed by atoms with Crippen molar-refractivity contribution in [1.29, 1.82) is 0 Å². The molecule has 274 valence electrons. The van der Waals surface area contributed by atoms with Gasteiger partial charge in [0.2, 0.25) is 0 Å². The summed E-state index contributed by atoms with van der Waals surface area (Å²) in [7, 11) is 0. The maximum atomic E-state index is 13.3. The summed E-state index contributed by atoms with van der Waals surface area (Å²) in [5, 5.41) is 11.9. The largest absolute Gasteiger partial charge is 0.489 e. The van der Waals surface area contributed by atoms with Gasteiger partial charge in [0.1, 0.15) is 42.0 Å². The van der Waals surface area contributed by atoms with Gasteiger partial charge in [-0.15, -0.1) is 11.8 Å². The van der Waals surface area contributed by atoms with Gasteiger partial charge in [-0.05, 0) is 89.2 Å². The van der Waals surface area contributed by atoms with Crippen molar-refractivity contribution in [2.24, 2.45) is 0 Å². The molecule has 0 amide bonds. The Morgan fingerprint density at radius 1 is 0.709 bits per heavy atom. The highest BCUT2D eigenvalue weighted by molar-refractivity contribution is 7.98. The van der Waals surface area contributed by atoms with E-state index in [4.69, 9.17) is 14.2 Å². The number of benzene rings is 6. The number of aldehydes is 1. The van der Waals surface area contributed by atoms with Crippen LogP contribution in [0.25, 0.3) is 16.6 Å². The molecule has 6 aromatic carbocycles. The van der Waals surface area contributed by atoms with Crippen LogP contribution in [0.15, 0.2) is 162 Å². The predicted octanol–water partition coefficient (Wildman–Crippen LogP) is 9.47. The summed E-state index contributed by atoms with van der Waals surface area (Å²) in [6, 6.07) is 47.6. The molecule has 1 aliphatic heterocycles. The zero-order valence-corrected chi connectivity index (χ0v) is 31.5. The van der Waals surface area contributed by atoms with E-state index in [1.54, 1.807) is 48.2 Å². The second-order valence-corrected chi connectivity index (χ2v) is 14.0. The monoisotopic (exact) mass is 764 g/mol. The molecule has 1 aromatic heterocycles. The van der Waals surface area contributed by atoms with Crippen molar-refractivity contribution in [1.82, 2.24) is 8.75 Å². The summed E-state index contributed by atoms with van der Waals surface area (Å²) in [4.78, 5) is 24.8. The molecule has 0 bridgehead atoms. The van der Waals surface area contributed by atoms with E-state index in [-0.39, 0.29) is 0 Å². The lowest BCUT2D eigenvalue weighted by molar-refractivity contribution is -0.185. The molecule has 7 aromatic rings. The van der Waals surface area contributed by atoms with Crippen LogP contribution in [-0.4, -0.2) is 32.4 Å². The number of rotatable bonds is 12. The molecule has 0 aliphatic carbocycles. The molecule has 10 heteroatoms. The SMILES string of the molecule is CSc1ccc(C2(O)OC(=O)C(c3ccc4nsnc4c3)=C2Cc2ccc(OCc3ccccc3)cc2)cc1.O=Cc1ccc(OCc2ccccc2)cc1. The van der Waals surface area contributed by atoms with E-state index in [9.17, 15) is 14.7 Å². The third-order valence-corrected chi connectivity index (χ3v) is 10.3. The van der Waals surface area contributed by atoms with Crippen molar-refractivity contribution in [2.45, 2.75) is 30.3 Å². The highest BCUT2D eigenvalue weighted by atomic mass is 32.2. The lowest BCUT2D eigenvalue weighted by atomic mass is 9.88. The number of carbonyl (C=O) groups excluding carboxylic acids is 2. The summed E-state index contributed by atoms with van der Waals surface area (Å²) in [5.41, 5.74) is 7.17. The Hall–Kier alpha value is -6.07. The Kier molecular flexibility index (Phi) is 11.8. The number of esters is 1. The minimum Gasteiger partial charge on any atom is -0.489 e. The highest BCUT2D eigenvalue weighted by Gasteiger charge is 2.48. The molecule has 1 N–H and O–H groups in total. The number of fused-ring (bicyclic) bond motifs is 1. The van der Waals surface area contributed by atoms with Crippen molar-refractivity contribution >= 4 is 52.4 Å². The van der Waals surface area contributed by atoms with Gasteiger partial charge in [-0.1, -0.05) is 91.0 Å². The zero-order valence-electron chi connectivity index (χ0n) is 29.8. The third-order valence-electron chi connectivity index (χ3n) is 9.00. The van der Waals surface area contributed by atoms with Gasteiger partial charge >= 0.3 is 5.97 Å². The van der Waals surface area contributed by atoms with Crippen molar-refractivity contribution in [3.8, 4) is 11.5 Å². The molecule has 2 heterocycles. The Bertz CT molecular complexity index is 2400. The normalized spacial score (nSPS) is 14.9. The lowest BCUT2D eigenvalue weighted by Crippen LogP contribution is -2.29. The first kappa shape index (κ1) is 37.3. The molecule has 8 nitrogen and oxygen atoms in total. The number of nitrogens with zero attached hydrogens (tertiary/aromatic N) is 2. The molecule has 1 atom stereocenters. The molecular weight excluding hydrogens is 729 g/mol. The van der Waals surface area contributed by atoms with Gasteiger partial charge in [-0.2, -0.15) is 8.75 Å². The van der Waals surface area contributed by atoms with Gasteiger partial charge < -0.3 is 19.3 Å². The smallest absolute Gasteiger partial charge is 0.342 e. The standard InChI is InChI=1S/C31H24N2O4S2.C14H12O2/c1-38-25-14-10-23(11-15-25)31(35)26(29(30(34)37-31)22-9-16-27-28(18-22)33-39-32-27)17-20-7-12-24(13-8-20)36-19-21-5-3-2-4-6-21;15-10-12-6-8-14(9-7-12)16-11-13-4-2-1-3-5-13/h2-16,18,35H,17,19H2,1H3;1-10H,11H2. The van der Waals surface area contributed by atoms with E-state index in [1.165, 1.54) is 0 Å². The number of aromatic nitrogens is 2. The van der Waals surface area contributed by atoms with E-state index < -0.39 is 11.8 Å². The van der Waals surface area contributed by atoms with Crippen LogP contribution in [0.5, 0.6) is 11.5 Å². The first-order valence-corrected chi connectivity index (χ1v) is 19.4. The number of hydrogen-bond acceptors (Lipinski definition) is 10. The molecule has 0 saturated carbocycles. The topological polar surface area (TPSA) is 108 Å². The Morgan fingerprint density at radius 2 is 1.29 bits per heavy atom. The number of cyclic esters (lactones) is 1. The van der Waals surface area contributed by atoms with Crippen LogP contribution in [0.3, 0.4) is 0 Å². The Labute approximate surface area is 327 Å². The van der Waals surface area contributed by atoms with Gasteiger partial charge in [0.05, 0.1) is 17.3 Å². The highest BCUT2D eigenvalue weighted by Crippen LogP contribution is 2.45. The summed E-state index contributed by atoms with van der Waals surface area (Å²) >= 11 is 2.72. The molecule has 0 saturated heterocycles. The fraction of sp³-hybridized carbons (Fsp3) is 0.111. The molecule has 1 aliphatic rings. The molecule has 8 rings (SSSR count). The third kappa shape index (κ3) is 9.01. The van der Waals surface area contributed by atoms with Crippen molar-refractivity contribution in [2.75, 3.05) is 6.26 Å². The number of ether oxygens (including phenoxy) is 3. The van der Waals surface area contributed by atoms with Gasteiger partial charge in [0.15, 0.2) is 0 Å². The summed E-state index contributed by atoms with van der Waals surface area (Å²) < 4.78 is 25.8. The summed E-state index contributed by atoms with van der Waals surface area (Å²) in [6.45, 7) is 1.01. The first-order chi connectivity index (χ1) is 26.9. The minimum absolute atomic E-state index is 0.300. The second kappa shape index (κ2) is 17.4. The summed E-state index contributed by atoms with van der Waals surface area (Å²) in [6.07, 6.45) is 3.11. The zero-order chi connectivity index (χ0) is 38.0. The maximum Gasteiger partial charge on any atom is 0.342 e. The molecule has 0 spiro atoms. The summed E-state index contributed by atoms with van der Waals surface area (Å²) in [5.74, 6) is -0.970. The average Bonchev–Trinajstić information content (AvgIpc) is 3.82. The van der Waals surface area contributed by atoms with Gasteiger partial charge in [0, 0.05) is 28.0 Å². The van der Waals surface area contributed by atoms with Crippen LogP contribution in [0.4, 0.5) is 0 Å². The lowest BCUT2D eigenvalue weighted by Gasteiger charge is -2.26. The van der Waals surface area contributed by atoms with Gasteiger partial charge in [0.25, 0.3) is 5.79 Å². The number of carbonyl (C=O) groups is 2. The number of hydrogen-bond donors (Lipinski definition) is 1. The first-order valence-electron chi connectivity index (χ1n) is 17.5.